The first kappa shape index (κ1) is 18.0. The summed E-state index contributed by atoms with van der Waals surface area (Å²) in [7, 11) is 5.00. The van der Waals surface area contributed by atoms with Crippen LogP contribution in [0.5, 0.6) is 5.75 Å². The number of nitrogens with zero attached hydrogens (tertiary/aromatic N) is 1. The summed E-state index contributed by atoms with van der Waals surface area (Å²) in [6.07, 6.45) is 1.86. The molecule has 0 spiro atoms. The van der Waals surface area contributed by atoms with E-state index in [1.807, 2.05) is 36.2 Å². The van der Waals surface area contributed by atoms with Crippen molar-refractivity contribution in [2.45, 2.75) is 25.8 Å². The number of imide groups is 1. The van der Waals surface area contributed by atoms with Crippen LogP contribution in [0.3, 0.4) is 0 Å². The number of hydrogen-bond acceptors (Lipinski definition) is 4. The maximum absolute atomic E-state index is 11.8. The van der Waals surface area contributed by atoms with E-state index in [-0.39, 0.29) is 11.9 Å². The highest BCUT2D eigenvalue weighted by molar-refractivity contribution is 5.96. The SMILES string of the molecule is CNC(=O)NC(=O)C(C)N(C)CCCc1ccc(OC)cc1. The molecule has 1 aromatic carbocycles. The molecule has 122 valence electrons. The lowest BCUT2D eigenvalue weighted by molar-refractivity contribution is -0.124. The number of nitrogens with one attached hydrogen (secondary N) is 2. The van der Waals surface area contributed by atoms with Gasteiger partial charge >= 0.3 is 6.03 Å². The lowest BCUT2D eigenvalue weighted by atomic mass is 10.1. The van der Waals surface area contributed by atoms with Crippen molar-refractivity contribution in [2.24, 2.45) is 0 Å². The van der Waals surface area contributed by atoms with Crippen LogP contribution in [0.25, 0.3) is 0 Å². The van der Waals surface area contributed by atoms with E-state index in [0.29, 0.717) is 0 Å². The monoisotopic (exact) mass is 307 g/mol. The Kier molecular flexibility index (Phi) is 7.39. The second-order valence-electron chi connectivity index (χ2n) is 5.18. The zero-order valence-electron chi connectivity index (χ0n) is 13.7. The van der Waals surface area contributed by atoms with Crippen LogP contribution in [0.15, 0.2) is 24.3 Å². The van der Waals surface area contributed by atoms with Crippen molar-refractivity contribution < 1.29 is 14.3 Å². The Bertz CT molecular complexity index is 488. The number of likely N-dealkylation sites (N-methyl/N-ethyl adjacent to an activating group) is 1. The third-order valence-corrected chi connectivity index (χ3v) is 3.64. The lowest BCUT2D eigenvalue weighted by Crippen LogP contribution is -2.48. The minimum absolute atomic E-state index is 0.300. The van der Waals surface area contributed by atoms with E-state index in [1.165, 1.54) is 12.6 Å². The molecule has 1 atom stereocenters. The molecule has 0 aliphatic rings. The number of urea groups is 1. The van der Waals surface area contributed by atoms with Crippen LogP contribution in [0.2, 0.25) is 0 Å². The molecule has 0 aliphatic carbocycles. The largest absolute Gasteiger partial charge is 0.497 e. The Morgan fingerprint density at radius 1 is 1.27 bits per heavy atom. The Morgan fingerprint density at radius 3 is 2.45 bits per heavy atom. The maximum Gasteiger partial charge on any atom is 0.321 e. The normalized spacial score (nSPS) is 11.9. The molecule has 0 aliphatic heterocycles. The molecule has 0 saturated heterocycles. The van der Waals surface area contributed by atoms with Gasteiger partial charge in [0.15, 0.2) is 0 Å². The topological polar surface area (TPSA) is 70.7 Å². The maximum atomic E-state index is 11.8. The van der Waals surface area contributed by atoms with Gasteiger partial charge in [0.05, 0.1) is 13.2 Å². The molecule has 0 radical (unpaired) electrons. The molecule has 0 saturated carbocycles. The molecule has 0 aromatic heterocycles. The molecule has 6 heteroatoms. The molecule has 6 nitrogen and oxygen atoms in total. The summed E-state index contributed by atoms with van der Waals surface area (Å²) in [5, 5.41) is 4.65. The number of benzene rings is 1. The summed E-state index contributed by atoms with van der Waals surface area (Å²) < 4.78 is 5.13. The number of carbonyl (C=O) groups is 2. The Morgan fingerprint density at radius 2 is 1.91 bits per heavy atom. The van der Waals surface area contributed by atoms with Crippen molar-refractivity contribution in [3.63, 3.8) is 0 Å². The Balaban J connectivity index is 2.36. The first-order chi connectivity index (χ1) is 10.5. The van der Waals surface area contributed by atoms with E-state index in [1.54, 1.807) is 14.0 Å². The van der Waals surface area contributed by atoms with Crippen molar-refractivity contribution in [3.8, 4) is 5.75 Å². The van der Waals surface area contributed by atoms with E-state index >= 15 is 0 Å². The van der Waals surface area contributed by atoms with Gasteiger partial charge in [-0.2, -0.15) is 0 Å². The van der Waals surface area contributed by atoms with Gasteiger partial charge in [0.25, 0.3) is 0 Å². The van der Waals surface area contributed by atoms with E-state index in [9.17, 15) is 9.59 Å². The molecule has 1 rings (SSSR count). The standard InChI is InChI=1S/C16H25N3O3/c1-12(15(20)18-16(21)17-2)19(3)11-5-6-13-7-9-14(22-4)10-8-13/h7-10,12H,5-6,11H2,1-4H3,(H2,17,18,20,21). The minimum atomic E-state index is -0.483. The van der Waals surface area contributed by atoms with Crippen LogP contribution in [-0.4, -0.2) is 50.6 Å². The quantitative estimate of drug-likeness (QED) is 0.799. The van der Waals surface area contributed by atoms with Crippen LogP contribution in [0.4, 0.5) is 4.79 Å². The predicted molar refractivity (Wildman–Crippen MR) is 86.0 cm³/mol. The fraction of sp³-hybridized carbons (Fsp3) is 0.500. The summed E-state index contributed by atoms with van der Waals surface area (Å²) in [5.74, 6) is 0.548. The van der Waals surface area contributed by atoms with E-state index in [4.69, 9.17) is 4.74 Å². The van der Waals surface area contributed by atoms with Crippen molar-refractivity contribution in [1.82, 2.24) is 15.5 Å². The van der Waals surface area contributed by atoms with Crippen molar-refractivity contribution in [2.75, 3.05) is 27.7 Å². The number of ether oxygens (including phenoxy) is 1. The van der Waals surface area contributed by atoms with Gasteiger partial charge in [0.2, 0.25) is 5.91 Å². The van der Waals surface area contributed by atoms with E-state index < -0.39 is 6.03 Å². The van der Waals surface area contributed by atoms with Crippen molar-refractivity contribution >= 4 is 11.9 Å². The first-order valence-electron chi connectivity index (χ1n) is 7.33. The second kappa shape index (κ2) is 9.04. The smallest absolute Gasteiger partial charge is 0.321 e. The number of hydrogen-bond donors (Lipinski definition) is 2. The number of amides is 3. The molecular weight excluding hydrogens is 282 g/mol. The lowest BCUT2D eigenvalue weighted by Gasteiger charge is -2.23. The molecule has 0 bridgehead atoms. The average Bonchev–Trinajstić information content (AvgIpc) is 2.54. The molecule has 1 aromatic rings. The van der Waals surface area contributed by atoms with Crippen LogP contribution < -0.4 is 15.4 Å². The fourth-order valence-corrected chi connectivity index (χ4v) is 2.00. The average molecular weight is 307 g/mol. The Labute approximate surface area is 131 Å². The van der Waals surface area contributed by atoms with Gasteiger partial charge in [-0.15, -0.1) is 0 Å². The third-order valence-electron chi connectivity index (χ3n) is 3.64. The van der Waals surface area contributed by atoms with E-state index in [0.717, 1.165) is 25.1 Å². The number of rotatable bonds is 7. The van der Waals surface area contributed by atoms with Gasteiger partial charge in [-0.1, -0.05) is 12.1 Å². The van der Waals surface area contributed by atoms with Gasteiger partial charge in [-0.3, -0.25) is 15.0 Å². The predicted octanol–water partition coefficient (Wildman–Crippen LogP) is 1.40. The van der Waals surface area contributed by atoms with Crippen LogP contribution in [-0.2, 0) is 11.2 Å². The molecule has 0 fully saturated rings. The summed E-state index contributed by atoms with van der Waals surface area (Å²) in [4.78, 5) is 24.9. The third kappa shape index (κ3) is 5.73. The zero-order valence-corrected chi connectivity index (χ0v) is 13.7. The van der Waals surface area contributed by atoms with Crippen LogP contribution in [0, 0.1) is 0 Å². The molecule has 1 unspecified atom stereocenters. The molecule has 2 N–H and O–H groups in total. The van der Waals surface area contributed by atoms with Gasteiger partial charge < -0.3 is 10.1 Å². The van der Waals surface area contributed by atoms with Crippen LogP contribution in [0.1, 0.15) is 18.9 Å². The zero-order chi connectivity index (χ0) is 16.5. The fourth-order valence-electron chi connectivity index (χ4n) is 2.00. The van der Waals surface area contributed by atoms with Crippen molar-refractivity contribution in [1.29, 1.82) is 0 Å². The Hall–Kier alpha value is -2.08. The van der Waals surface area contributed by atoms with Gasteiger partial charge in [-0.25, -0.2) is 4.79 Å². The van der Waals surface area contributed by atoms with Gasteiger partial charge in [0.1, 0.15) is 5.75 Å². The summed E-state index contributed by atoms with van der Waals surface area (Å²) >= 11 is 0. The van der Waals surface area contributed by atoms with Crippen LogP contribution >= 0.6 is 0 Å². The summed E-state index contributed by atoms with van der Waals surface area (Å²) in [5.41, 5.74) is 1.23. The van der Waals surface area contributed by atoms with Gasteiger partial charge in [0, 0.05) is 7.05 Å². The molecule has 0 heterocycles. The first-order valence-corrected chi connectivity index (χ1v) is 7.33. The highest BCUT2D eigenvalue weighted by Crippen LogP contribution is 2.12. The number of aryl methyl sites for hydroxylation is 1. The minimum Gasteiger partial charge on any atom is -0.497 e. The molecule has 22 heavy (non-hydrogen) atoms. The summed E-state index contributed by atoms with van der Waals surface area (Å²) in [6, 6.07) is 7.13. The summed E-state index contributed by atoms with van der Waals surface area (Å²) in [6.45, 7) is 2.56. The number of methoxy groups -OCH3 is 1. The highest BCUT2D eigenvalue weighted by Gasteiger charge is 2.19. The van der Waals surface area contributed by atoms with Gasteiger partial charge in [-0.05, 0) is 51.1 Å². The molecular formula is C16H25N3O3. The molecule has 3 amide bonds. The number of carbonyl (C=O) groups excluding carboxylic acids is 2. The van der Waals surface area contributed by atoms with E-state index in [2.05, 4.69) is 10.6 Å². The van der Waals surface area contributed by atoms with Crippen molar-refractivity contribution in [3.05, 3.63) is 29.8 Å². The second-order valence-corrected chi connectivity index (χ2v) is 5.18. The highest BCUT2D eigenvalue weighted by atomic mass is 16.5.